The van der Waals surface area contributed by atoms with E-state index in [0.29, 0.717) is 6.61 Å². The molecule has 0 N–H and O–H groups in total. The highest BCUT2D eigenvalue weighted by Gasteiger charge is 1.95. The van der Waals surface area contributed by atoms with Crippen LogP contribution in [0.2, 0.25) is 0 Å². The third-order valence-electron chi connectivity index (χ3n) is 1.99. The SMILES string of the molecule is CC(=O)OCC(C)=Cc1ccc(C)cc1. The van der Waals surface area contributed by atoms with Crippen molar-refractivity contribution < 1.29 is 9.53 Å². The van der Waals surface area contributed by atoms with Gasteiger partial charge in [-0.05, 0) is 25.0 Å². The topological polar surface area (TPSA) is 26.3 Å². The number of hydrogen-bond acceptors (Lipinski definition) is 2. The lowest BCUT2D eigenvalue weighted by molar-refractivity contribution is -0.139. The number of hydrogen-bond donors (Lipinski definition) is 0. The molecule has 0 aliphatic heterocycles. The van der Waals surface area contributed by atoms with E-state index in [2.05, 4.69) is 19.1 Å². The van der Waals surface area contributed by atoms with Crippen LogP contribution in [0.3, 0.4) is 0 Å². The van der Waals surface area contributed by atoms with E-state index < -0.39 is 0 Å². The molecule has 0 bridgehead atoms. The molecule has 1 aromatic rings. The minimum absolute atomic E-state index is 0.244. The lowest BCUT2D eigenvalue weighted by atomic mass is 10.1. The molecule has 0 heterocycles. The average Bonchev–Trinajstić information content (AvgIpc) is 2.19. The number of rotatable bonds is 3. The molecule has 0 aliphatic rings. The highest BCUT2D eigenvalue weighted by Crippen LogP contribution is 2.08. The van der Waals surface area contributed by atoms with Crippen LogP contribution in [0.5, 0.6) is 0 Å². The normalized spacial score (nSPS) is 11.3. The van der Waals surface area contributed by atoms with E-state index in [9.17, 15) is 4.79 Å². The van der Waals surface area contributed by atoms with Gasteiger partial charge in [-0.25, -0.2) is 0 Å². The summed E-state index contributed by atoms with van der Waals surface area (Å²) < 4.78 is 4.89. The van der Waals surface area contributed by atoms with Gasteiger partial charge in [-0.1, -0.05) is 35.9 Å². The molecule has 2 nitrogen and oxygen atoms in total. The molecule has 80 valence electrons. The van der Waals surface area contributed by atoms with Crippen molar-refractivity contribution in [3.8, 4) is 0 Å². The summed E-state index contributed by atoms with van der Waals surface area (Å²) in [5.74, 6) is -0.244. The van der Waals surface area contributed by atoms with E-state index in [1.54, 1.807) is 0 Å². The van der Waals surface area contributed by atoms with Gasteiger partial charge in [0.2, 0.25) is 0 Å². The number of ether oxygens (including phenoxy) is 1. The van der Waals surface area contributed by atoms with Crippen LogP contribution < -0.4 is 0 Å². The summed E-state index contributed by atoms with van der Waals surface area (Å²) in [7, 11) is 0. The zero-order valence-corrected chi connectivity index (χ0v) is 9.41. The zero-order chi connectivity index (χ0) is 11.3. The summed E-state index contributed by atoms with van der Waals surface area (Å²) in [5.41, 5.74) is 3.41. The largest absolute Gasteiger partial charge is 0.461 e. The first-order chi connectivity index (χ1) is 7.08. The van der Waals surface area contributed by atoms with Crippen molar-refractivity contribution in [2.24, 2.45) is 0 Å². The lowest BCUT2D eigenvalue weighted by Crippen LogP contribution is -2.01. The molecular formula is C13H16O2. The average molecular weight is 204 g/mol. The van der Waals surface area contributed by atoms with Crippen molar-refractivity contribution in [3.05, 3.63) is 41.0 Å². The fraction of sp³-hybridized carbons (Fsp3) is 0.308. The minimum Gasteiger partial charge on any atom is -0.461 e. The maximum Gasteiger partial charge on any atom is 0.302 e. The van der Waals surface area contributed by atoms with Gasteiger partial charge in [0.1, 0.15) is 6.61 Å². The standard InChI is InChI=1S/C13H16O2/c1-10-4-6-13(7-5-10)8-11(2)9-15-12(3)14/h4-8H,9H2,1-3H3. The van der Waals surface area contributed by atoms with Crippen LogP contribution in [0, 0.1) is 6.92 Å². The van der Waals surface area contributed by atoms with Gasteiger partial charge in [-0.3, -0.25) is 4.79 Å². The first-order valence-corrected chi connectivity index (χ1v) is 4.95. The van der Waals surface area contributed by atoms with Gasteiger partial charge in [0.25, 0.3) is 0 Å². The fourth-order valence-corrected chi connectivity index (χ4v) is 1.20. The Balaban J connectivity index is 2.62. The second kappa shape index (κ2) is 5.35. The predicted octanol–water partition coefficient (Wildman–Crippen LogP) is 2.96. The number of carbonyl (C=O) groups is 1. The van der Waals surface area contributed by atoms with E-state index in [1.165, 1.54) is 12.5 Å². The molecule has 0 unspecified atom stereocenters. The Kier molecular flexibility index (Phi) is 4.10. The molecule has 0 radical (unpaired) electrons. The second-order valence-corrected chi connectivity index (χ2v) is 3.68. The van der Waals surface area contributed by atoms with E-state index in [4.69, 9.17) is 4.74 Å². The van der Waals surface area contributed by atoms with Gasteiger partial charge in [0.05, 0.1) is 0 Å². The quantitative estimate of drug-likeness (QED) is 0.707. The zero-order valence-electron chi connectivity index (χ0n) is 9.41. The highest BCUT2D eigenvalue weighted by atomic mass is 16.5. The first-order valence-electron chi connectivity index (χ1n) is 4.95. The summed E-state index contributed by atoms with van der Waals surface area (Å²) in [6.45, 7) is 5.78. The van der Waals surface area contributed by atoms with Crippen molar-refractivity contribution in [1.82, 2.24) is 0 Å². The number of esters is 1. The third-order valence-corrected chi connectivity index (χ3v) is 1.99. The van der Waals surface area contributed by atoms with Crippen LogP contribution in [-0.4, -0.2) is 12.6 Å². The Morgan fingerprint density at radius 2 is 1.87 bits per heavy atom. The van der Waals surface area contributed by atoms with Crippen LogP contribution in [0.25, 0.3) is 6.08 Å². The van der Waals surface area contributed by atoms with Crippen LogP contribution in [0.1, 0.15) is 25.0 Å². The van der Waals surface area contributed by atoms with Crippen molar-refractivity contribution in [2.75, 3.05) is 6.61 Å². The monoisotopic (exact) mass is 204 g/mol. The van der Waals surface area contributed by atoms with Gasteiger partial charge in [-0.2, -0.15) is 0 Å². The Labute approximate surface area is 90.6 Å². The first kappa shape index (κ1) is 11.5. The van der Waals surface area contributed by atoms with Crippen LogP contribution in [0.4, 0.5) is 0 Å². The molecule has 2 heteroatoms. The molecule has 1 rings (SSSR count). The summed E-state index contributed by atoms with van der Waals surface area (Å²) in [6.07, 6.45) is 2.02. The number of aryl methyl sites for hydroxylation is 1. The van der Waals surface area contributed by atoms with Gasteiger partial charge in [0.15, 0.2) is 0 Å². The molecule has 15 heavy (non-hydrogen) atoms. The van der Waals surface area contributed by atoms with Crippen LogP contribution in [-0.2, 0) is 9.53 Å². The maximum absolute atomic E-state index is 10.6. The number of carbonyl (C=O) groups excluding carboxylic acids is 1. The highest BCUT2D eigenvalue weighted by molar-refractivity contribution is 5.66. The summed E-state index contributed by atoms with van der Waals surface area (Å²) in [4.78, 5) is 10.6. The maximum atomic E-state index is 10.6. The van der Waals surface area contributed by atoms with E-state index in [-0.39, 0.29) is 5.97 Å². The smallest absolute Gasteiger partial charge is 0.302 e. The minimum atomic E-state index is -0.244. The fourth-order valence-electron chi connectivity index (χ4n) is 1.20. The number of benzene rings is 1. The lowest BCUT2D eigenvalue weighted by Gasteiger charge is -2.02. The molecule has 0 atom stereocenters. The van der Waals surface area contributed by atoms with Gasteiger partial charge in [0, 0.05) is 6.92 Å². The third kappa shape index (κ3) is 4.45. The Morgan fingerprint density at radius 1 is 1.27 bits per heavy atom. The second-order valence-electron chi connectivity index (χ2n) is 3.68. The summed E-state index contributed by atoms with van der Waals surface area (Å²) >= 11 is 0. The Morgan fingerprint density at radius 3 is 2.40 bits per heavy atom. The van der Waals surface area contributed by atoms with Crippen LogP contribution in [0.15, 0.2) is 29.8 Å². The summed E-state index contributed by atoms with van der Waals surface area (Å²) in [6, 6.07) is 8.22. The van der Waals surface area contributed by atoms with E-state index in [1.807, 2.05) is 25.1 Å². The molecule has 0 fully saturated rings. The van der Waals surface area contributed by atoms with Crippen molar-refractivity contribution in [2.45, 2.75) is 20.8 Å². The molecule has 0 spiro atoms. The van der Waals surface area contributed by atoms with Gasteiger partial charge in [-0.15, -0.1) is 0 Å². The van der Waals surface area contributed by atoms with Crippen LogP contribution >= 0.6 is 0 Å². The van der Waals surface area contributed by atoms with E-state index >= 15 is 0 Å². The predicted molar refractivity (Wildman–Crippen MR) is 61.5 cm³/mol. The molecule has 0 amide bonds. The molecular weight excluding hydrogens is 188 g/mol. The van der Waals surface area contributed by atoms with Crippen molar-refractivity contribution >= 4 is 12.0 Å². The molecule has 0 aromatic heterocycles. The molecule has 0 saturated heterocycles. The Bertz CT molecular complexity index is 361. The molecule has 0 saturated carbocycles. The van der Waals surface area contributed by atoms with Crippen molar-refractivity contribution in [3.63, 3.8) is 0 Å². The Hall–Kier alpha value is -1.57. The summed E-state index contributed by atoms with van der Waals surface area (Å²) in [5, 5.41) is 0. The molecule has 1 aromatic carbocycles. The van der Waals surface area contributed by atoms with Crippen molar-refractivity contribution in [1.29, 1.82) is 0 Å². The molecule has 0 aliphatic carbocycles. The van der Waals surface area contributed by atoms with Gasteiger partial charge < -0.3 is 4.74 Å². The van der Waals surface area contributed by atoms with Gasteiger partial charge >= 0.3 is 5.97 Å². The van der Waals surface area contributed by atoms with E-state index in [0.717, 1.165) is 11.1 Å².